The molecule has 1 aliphatic rings. The Hall–Kier alpha value is -2.49. The standard InChI is InChI=1S/C16H15F3N2O4S/c17-8-1-2-11(25-14(18)19)12(3-8)24-10-5-16(6-10,13(22)23)4-9-7-26-15(20)21-9/h1-3,7,10,14H,4-6H2,(H2,20,21)(H,22,23)/t10-,16-. The van der Waals surface area contributed by atoms with Crippen LogP contribution in [0.25, 0.3) is 0 Å². The van der Waals surface area contributed by atoms with E-state index in [9.17, 15) is 23.1 Å². The Balaban J connectivity index is 1.70. The molecule has 1 aromatic carbocycles. The highest BCUT2D eigenvalue weighted by Gasteiger charge is 2.52. The molecule has 0 atom stereocenters. The first kappa shape index (κ1) is 18.3. The fourth-order valence-electron chi connectivity index (χ4n) is 2.99. The number of nitrogens with zero attached hydrogens (tertiary/aromatic N) is 1. The third-order valence-corrected chi connectivity index (χ3v) is 4.92. The molecule has 3 N–H and O–H groups in total. The third-order valence-electron chi connectivity index (χ3n) is 4.19. The monoisotopic (exact) mass is 388 g/mol. The number of aliphatic carboxylic acids is 1. The number of ether oxygens (including phenoxy) is 2. The Morgan fingerprint density at radius 3 is 2.73 bits per heavy atom. The second kappa shape index (κ2) is 7.02. The van der Waals surface area contributed by atoms with Crippen molar-refractivity contribution >= 4 is 22.4 Å². The number of carbonyl (C=O) groups is 1. The van der Waals surface area contributed by atoms with E-state index < -0.39 is 29.9 Å². The average molecular weight is 388 g/mol. The lowest BCUT2D eigenvalue weighted by Crippen LogP contribution is -2.50. The van der Waals surface area contributed by atoms with Crippen LogP contribution in [0.3, 0.4) is 0 Å². The van der Waals surface area contributed by atoms with Crippen LogP contribution >= 0.6 is 11.3 Å². The van der Waals surface area contributed by atoms with Crippen molar-refractivity contribution in [2.24, 2.45) is 5.41 Å². The molecule has 0 spiro atoms. The molecule has 3 rings (SSSR count). The van der Waals surface area contributed by atoms with Crippen molar-refractivity contribution in [3.63, 3.8) is 0 Å². The minimum atomic E-state index is -3.09. The number of nitrogen functional groups attached to an aromatic ring is 1. The number of rotatable bonds is 7. The van der Waals surface area contributed by atoms with Gasteiger partial charge >= 0.3 is 12.6 Å². The summed E-state index contributed by atoms with van der Waals surface area (Å²) in [6, 6.07) is 2.94. The first-order valence-electron chi connectivity index (χ1n) is 7.62. The quantitative estimate of drug-likeness (QED) is 0.756. The van der Waals surface area contributed by atoms with Crippen LogP contribution in [-0.4, -0.2) is 28.8 Å². The van der Waals surface area contributed by atoms with Gasteiger partial charge in [0, 0.05) is 30.7 Å². The van der Waals surface area contributed by atoms with Crippen molar-refractivity contribution in [2.45, 2.75) is 32.0 Å². The van der Waals surface area contributed by atoms with Crippen molar-refractivity contribution in [3.05, 3.63) is 35.1 Å². The molecule has 1 saturated carbocycles. The molecule has 140 valence electrons. The molecule has 0 amide bonds. The lowest BCUT2D eigenvalue weighted by atomic mass is 9.64. The molecular weight excluding hydrogens is 373 g/mol. The summed E-state index contributed by atoms with van der Waals surface area (Å²) in [6.45, 7) is -3.09. The zero-order valence-corrected chi connectivity index (χ0v) is 14.1. The van der Waals surface area contributed by atoms with Crippen molar-refractivity contribution in [2.75, 3.05) is 5.73 Å². The zero-order chi connectivity index (χ0) is 18.9. The Bertz CT molecular complexity index is 809. The molecule has 26 heavy (non-hydrogen) atoms. The predicted octanol–water partition coefficient (Wildman–Crippen LogP) is 3.32. The zero-order valence-electron chi connectivity index (χ0n) is 13.3. The average Bonchev–Trinajstić information content (AvgIpc) is 2.92. The molecule has 0 unspecified atom stereocenters. The number of anilines is 1. The Kier molecular flexibility index (Phi) is 4.94. The molecule has 1 aliphatic carbocycles. The Labute approximate surface area is 150 Å². The number of benzene rings is 1. The molecule has 1 aromatic heterocycles. The molecule has 0 bridgehead atoms. The molecule has 1 heterocycles. The first-order chi connectivity index (χ1) is 12.3. The van der Waals surface area contributed by atoms with Crippen molar-refractivity contribution in [1.29, 1.82) is 0 Å². The number of thiazole rings is 1. The van der Waals surface area contributed by atoms with Crippen LogP contribution in [0.5, 0.6) is 11.5 Å². The minimum absolute atomic E-state index is 0.129. The summed E-state index contributed by atoms with van der Waals surface area (Å²) in [6.07, 6.45) is -0.127. The number of alkyl halides is 2. The van der Waals surface area contributed by atoms with Gasteiger partial charge in [0.1, 0.15) is 11.9 Å². The van der Waals surface area contributed by atoms with Crippen molar-refractivity contribution in [1.82, 2.24) is 4.98 Å². The van der Waals surface area contributed by atoms with Gasteiger partial charge in [-0.3, -0.25) is 4.79 Å². The van der Waals surface area contributed by atoms with E-state index in [1.165, 1.54) is 11.3 Å². The molecule has 6 nitrogen and oxygen atoms in total. The predicted molar refractivity (Wildman–Crippen MR) is 87.0 cm³/mol. The van der Waals surface area contributed by atoms with Crippen LogP contribution in [0, 0.1) is 11.2 Å². The van der Waals surface area contributed by atoms with Gasteiger partial charge in [-0.2, -0.15) is 8.78 Å². The Morgan fingerprint density at radius 1 is 1.42 bits per heavy atom. The maximum absolute atomic E-state index is 13.4. The van der Waals surface area contributed by atoms with E-state index in [1.807, 2.05) is 0 Å². The third kappa shape index (κ3) is 3.85. The van der Waals surface area contributed by atoms with Crippen molar-refractivity contribution in [3.8, 4) is 11.5 Å². The smallest absolute Gasteiger partial charge is 0.387 e. The fourth-order valence-corrected chi connectivity index (χ4v) is 3.55. The summed E-state index contributed by atoms with van der Waals surface area (Å²) < 4.78 is 48.1. The highest BCUT2D eigenvalue weighted by atomic mass is 32.1. The van der Waals surface area contributed by atoms with Gasteiger partial charge in [0.2, 0.25) is 0 Å². The SMILES string of the molecule is Nc1nc(C[C@]2(C(=O)O)C[C@H](Oc3cc(F)ccc3OC(F)F)C2)cs1. The van der Waals surface area contributed by atoms with Gasteiger partial charge in [-0.05, 0) is 12.1 Å². The lowest BCUT2D eigenvalue weighted by molar-refractivity contribution is -0.161. The molecule has 1 fully saturated rings. The summed E-state index contributed by atoms with van der Waals surface area (Å²) in [4.78, 5) is 15.8. The van der Waals surface area contributed by atoms with E-state index in [2.05, 4.69) is 9.72 Å². The Morgan fingerprint density at radius 2 is 2.15 bits per heavy atom. The first-order valence-corrected chi connectivity index (χ1v) is 8.50. The summed E-state index contributed by atoms with van der Waals surface area (Å²) in [5.74, 6) is -2.18. The number of nitrogens with two attached hydrogens (primary N) is 1. The minimum Gasteiger partial charge on any atom is -0.486 e. The highest BCUT2D eigenvalue weighted by Crippen LogP contribution is 2.47. The van der Waals surface area contributed by atoms with Gasteiger partial charge in [-0.1, -0.05) is 0 Å². The summed E-state index contributed by atoms with van der Waals surface area (Å²) in [7, 11) is 0. The molecule has 2 aromatic rings. The van der Waals surface area contributed by atoms with Crippen molar-refractivity contribution < 1.29 is 32.5 Å². The maximum Gasteiger partial charge on any atom is 0.387 e. The number of hydrogen-bond acceptors (Lipinski definition) is 6. The topological polar surface area (TPSA) is 94.7 Å². The lowest BCUT2D eigenvalue weighted by Gasteiger charge is -2.43. The number of aromatic nitrogens is 1. The molecule has 0 aliphatic heterocycles. The second-order valence-electron chi connectivity index (χ2n) is 6.06. The van der Waals surface area contributed by atoms with Gasteiger partial charge in [-0.15, -0.1) is 11.3 Å². The van der Waals surface area contributed by atoms with Crippen LogP contribution in [0.15, 0.2) is 23.6 Å². The number of halogens is 3. The molecule has 0 saturated heterocycles. The van der Waals surface area contributed by atoms with Crippen LogP contribution < -0.4 is 15.2 Å². The van der Waals surface area contributed by atoms with Gasteiger partial charge < -0.3 is 20.3 Å². The highest BCUT2D eigenvalue weighted by molar-refractivity contribution is 7.13. The number of carboxylic acid groups (broad SMARTS) is 1. The largest absolute Gasteiger partial charge is 0.486 e. The van der Waals surface area contributed by atoms with E-state index in [0.29, 0.717) is 10.8 Å². The van der Waals surface area contributed by atoms with Crippen LogP contribution in [0.1, 0.15) is 18.5 Å². The number of hydrogen-bond donors (Lipinski definition) is 2. The number of carboxylic acids is 1. The molecular formula is C16H15F3N2O4S. The van der Waals surface area contributed by atoms with Gasteiger partial charge in [-0.25, -0.2) is 9.37 Å². The summed E-state index contributed by atoms with van der Waals surface area (Å²) >= 11 is 1.22. The van der Waals surface area contributed by atoms with E-state index in [4.69, 9.17) is 10.5 Å². The van der Waals surface area contributed by atoms with E-state index in [-0.39, 0.29) is 30.8 Å². The fraction of sp³-hybridized carbons (Fsp3) is 0.375. The van der Waals surface area contributed by atoms with Crippen LogP contribution in [0.2, 0.25) is 0 Å². The maximum atomic E-state index is 13.4. The molecule has 0 radical (unpaired) electrons. The van der Waals surface area contributed by atoms with Crippen LogP contribution in [0.4, 0.5) is 18.3 Å². The van der Waals surface area contributed by atoms with Crippen LogP contribution in [-0.2, 0) is 11.2 Å². The van der Waals surface area contributed by atoms with E-state index >= 15 is 0 Å². The molecule has 10 heteroatoms. The van der Waals surface area contributed by atoms with Gasteiger partial charge in [0.15, 0.2) is 16.6 Å². The van der Waals surface area contributed by atoms with E-state index in [0.717, 1.165) is 18.2 Å². The van der Waals surface area contributed by atoms with Gasteiger partial charge in [0.05, 0.1) is 11.1 Å². The van der Waals surface area contributed by atoms with Gasteiger partial charge in [0.25, 0.3) is 0 Å². The summed E-state index contributed by atoms with van der Waals surface area (Å²) in [5.41, 5.74) is 5.05. The summed E-state index contributed by atoms with van der Waals surface area (Å²) in [5, 5.41) is 11.6. The second-order valence-corrected chi connectivity index (χ2v) is 6.95. The normalized spacial score (nSPS) is 22.1. The van der Waals surface area contributed by atoms with E-state index in [1.54, 1.807) is 5.38 Å².